The molecular weight excluding hydrogens is 536 g/mol. The first-order valence-corrected chi connectivity index (χ1v) is 13.4. The zero-order valence-electron chi connectivity index (χ0n) is 20.1. The van der Waals surface area contributed by atoms with Gasteiger partial charge in [-0.15, -0.1) is 0 Å². The van der Waals surface area contributed by atoms with Gasteiger partial charge in [0, 0.05) is 11.0 Å². The molecule has 0 saturated heterocycles. The molecule has 2 aromatic carbocycles. The van der Waals surface area contributed by atoms with Crippen LogP contribution in [0.4, 0.5) is 0 Å². The van der Waals surface area contributed by atoms with Crippen LogP contribution in [-0.4, -0.2) is 53.1 Å². The van der Waals surface area contributed by atoms with Crippen LogP contribution >= 0.6 is 15.9 Å². The van der Waals surface area contributed by atoms with Crippen molar-refractivity contribution in [2.24, 2.45) is 0 Å². The Morgan fingerprint density at radius 3 is 2.26 bits per heavy atom. The van der Waals surface area contributed by atoms with Gasteiger partial charge in [0.2, 0.25) is 14.9 Å². The van der Waals surface area contributed by atoms with E-state index >= 15 is 0 Å². The second-order valence-corrected chi connectivity index (χ2v) is 10.4. The lowest BCUT2D eigenvalue weighted by molar-refractivity contribution is 0.0902. The van der Waals surface area contributed by atoms with Crippen molar-refractivity contribution in [1.82, 2.24) is 10.2 Å². The van der Waals surface area contributed by atoms with Gasteiger partial charge in [0.25, 0.3) is 5.91 Å². The zero-order valence-corrected chi connectivity index (χ0v) is 22.5. The van der Waals surface area contributed by atoms with E-state index in [4.69, 9.17) is 13.9 Å². The van der Waals surface area contributed by atoms with Gasteiger partial charge in [0.1, 0.15) is 0 Å². The molecule has 1 atom stereocenters. The fraction of sp³-hybridized carbons (Fsp3) is 0.320. The molecule has 0 spiro atoms. The molecule has 0 radical (unpaired) electrons. The smallest absolute Gasteiger partial charge is 0.287 e. The summed E-state index contributed by atoms with van der Waals surface area (Å²) in [5.41, 5.74) is 0.949. The van der Waals surface area contributed by atoms with Crippen LogP contribution in [-0.2, 0) is 9.84 Å². The first-order valence-electron chi connectivity index (χ1n) is 11.1. The van der Waals surface area contributed by atoms with Gasteiger partial charge in [0.15, 0.2) is 17.3 Å². The van der Waals surface area contributed by atoms with Crippen LogP contribution in [0, 0.1) is 0 Å². The van der Waals surface area contributed by atoms with Crippen molar-refractivity contribution in [2.45, 2.75) is 29.9 Å². The Hall–Kier alpha value is -2.82. The summed E-state index contributed by atoms with van der Waals surface area (Å²) < 4.78 is 42.7. The van der Waals surface area contributed by atoms with Crippen LogP contribution in [0.2, 0.25) is 0 Å². The number of amides is 1. The lowest BCUT2D eigenvalue weighted by Crippen LogP contribution is -2.38. The summed E-state index contributed by atoms with van der Waals surface area (Å²) in [6.07, 6.45) is 0. The van der Waals surface area contributed by atoms with E-state index in [2.05, 4.69) is 26.1 Å². The second-order valence-electron chi connectivity index (χ2n) is 7.64. The zero-order chi connectivity index (χ0) is 25.6. The number of halogens is 1. The lowest BCUT2D eigenvalue weighted by Gasteiger charge is -2.30. The highest BCUT2D eigenvalue weighted by Gasteiger charge is 2.25. The summed E-state index contributed by atoms with van der Waals surface area (Å²) >= 11 is 3.29. The van der Waals surface area contributed by atoms with E-state index in [1.165, 1.54) is 24.3 Å². The fourth-order valence-corrected chi connectivity index (χ4v) is 5.21. The number of rotatable bonds is 11. The van der Waals surface area contributed by atoms with Crippen LogP contribution < -0.4 is 14.8 Å². The molecule has 8 nitrogen and oxygen atoms in total. The van der Waals surface area contributed by atoms with E-state index in [1.54, 1.807) is 26.4 Å². The number of hydrogen-bond acceptors (Lipinski definition) is 7. The molecule has 0 bridgehead atoms. The second kappa shape index (κ2) is 11.7. The minimum absolute atomic E-state index is 0.0775. The van der Waals surface area contributed by atoms with Gasteiger partial charge in [-0.3, -0.25) is 9.69 Å². The van der Waals surface area contributed by atoms with Gasteiger partial charge in [0.05, 0.1) is 25.2 Å². The number of likely N-dealkylation sites (N-methyl/N-ethyl adjacent to an activating group) is 1. The molecule has 1 aromatic heterocycles. The fourth-order valence-electron chi connectivity index (χ4n) is 3.78. The average molecular weight is 565 g/mol. The third-order valence-electron chi connectivity index (χ3n) is 5.70. The third-order valence-corrected chi connectivity index (χ3v) is 7.87. The van der Waals surface area contributed by atoms with Crippen LogP contribution in [0.3, 0.4) is 0 Å². The van der Waals surface area contributed by atoms with Crippen molar-refractivity contribution in [2.75, 3.05) is 33.9 Å². The number of hydrogen-bond donors (Lipinski definition) is 1. The van der Waals surface area contributed by atoms with Gasteiger partial charge in [-0.05, 0) is 67.2 Å². The van der Waals surface area contributed by atoms with Crippen molar-refractivity contribution in [1.29, 1.82) is 0 Å². The third kappa shape index (κ3) is 6.06. The molecule has 1 N–H and O–H groups in total. The molecule has 1 heterocycles. The molecular formula is C25H29BrN2O6S. The lowest BCUT2D eigenvalue weighted by atomic mass is 10.0. The van der Waals surface area contributed by atoms with Crippen molar-refractivity contribution >= 4 is 31.7 Å². The maximum Gasteiger partial charge on any atom is 0.287 e. The largest absolute Gasteiger partial charge is 0.493 e. The highest BCUT2D eigenvalue weighted by Crippen LogP contribution is 2.32. The van der Waals surface area contributed by atoms with Crippen LogP contribution in [0.15, 0.2) is 73.5 Å². The number of ether oxygens (including phenoxy) is 2. The Balaban J connectivity index is 1.79. The summed E-state index contributed by atoms with van der Waals surface area (Å²) in [6, 6.07) is 14.4. The summed E-state index contributed by atoms with van der Waals surface area (Å²) in [5.74, 6) is 0.641. The molecule has 3 aromatic rings. The molecule has 10 heteroatoms. The normalized spacial score (nSPS) is 12.4. The topological polar surface area (TPSA) is 98.1 Å². The number of methoxy groups -OCH3 is 2. The number of furan rings is 1. The summed E-state index contributed by atoms with van der Waals surface area (Å²) in [5, 5.41) is 2.59. The first-order chi connectivity index (χ1) is 16.7. The van der Waals surface area contributed by atoms with Gasteiger partial charge in [-0.1, -0.05) is 35.8 Å². The summed E-state index contributed by atoms with van der Waals surface area (Å²) in [7, 11) is -0.726. The quantitative estimate of drug-likeness (QED) is 0.360. The molecule has 0 aliphatic rings. The predicted molar refractivity (Wildman–Crippen MR) is 136 cm³/mol. The number of carbonyl (C=O) groups is 1. The maximum atomic E-state index is 12.9. The van der Waals surface area contributed by atoms with E-state index in [0.29, 0.717) is 11.5 Å². The molecule has 0 saturated carbocycles. The highest BCUT2D eigenvalue weighted by molar-refractivity contribution is 9.10. The molecule has 1 unspecified atom stereocenters. The van der Waals surface area contributed by atoms with Crippen molar-refractivity contribution in [3.05, 3.63) is 70.4 Å². The number of benzene rings is 2. The van der Waals surface area contributed by atoms with Gasteiger partial charge in [-0.25, -0.2) is 8.42 Å². The SMILES string of the molecule is CCN(CC)C(CNC(=O)c1ccc(S(=O)(=O)c2ccc(Br)cc2)o1)c1ccc(OC)c(OC)c1. The minimum Gasteiger partial charge on any atom is -0.493 e. The first kappa shape index (κ1) is 26.8. The van der Waals surface area contributed by atoms with E-state index in [1.807, 2.05) is 32.0 Å². The van der Waals surface area contributed by atoms with Crippen LogP contribution in [0.5, 0.6) is 11.5 Å². The van der Waals surface area contributed by atoms with Gasteiger partial charge >= 0.3 is 0 Å². The Kier molecular flexibility index (Phi) is 8.98. The van der Waals surface area contributed by atoms with E-state index in [-0.39, 0.29) is 28.3 Å². The molecule has 188 valence electrons. The maximum absolute atomic E-state index is 12.9. The van der Waals surface area contributed by atoms with Crippen LogP contribution in [0.1, 0.15) is 36.0 Å². The molecule has 1 amide bonds. The Morgan fingerprint density at radius 2 is 1.66 bits per heavy atom. The number of carbonyl (C=O) groups excluding carboxylic acids is 1. The Bertz CT molecular complexity index is 1250. The molecule has 0 aliphatic carbocycles. The van der Waals surface area contributed by atoms with Crippen molar-refractivity contribution in [3.8, 4) is 11.5 Å². The summed E-state index contributed by atoms with van der Waals surface area (Å²) in [4.78, 5) is 15.1. The van der Waals surface area contributed by atoms with Crippen LogP contribution in [0.25, 0.3) is 0 Å². The Labute approximate surface area is 214 Å². The molecule has 0 fully saturated rings. The standard InChI is InChI=1S/C25H29BrN2O6S/c1-5-28(6-2)20(17-7-12-21(32-3)23(15-17)33-4)16-27-25(29)22-13-14-24(34-22)35(30,31)19-10-8-18(26)9-11-19/h7-15,20H,5-6,16H2,1-4H3,(H,27,29). The summed E-state index contributed by atoms with van der Waals surface area (Å²) in [6.45, 7) is 5.91. The average Bonchev–Trinajstić information content (AvgIpc) is 3.38. The Morgan fingerprint density at radius 1 is 1.00 bits per heavy atom. The van der Waals surface area contributed by atoms with E-state index < -0.39 is 15.7 Å². The van der Waals surface area contributed by atoms with Gasteiger partial charge in [-0.2, -0.15) is 0 Å². The van der Waals surface area contributed by atoms with E-state index in [9.17, 15) is 13.2 Å². The molecule has 0 aliphatic heterocycles. The molecule has 35 heavy (non-hydrogen) atoms. The molecule has 3 rings (SSSR count). The van der Waals surface area contributed by atoms with Crippen molar-refractivity contribution in [3.63, 3.8) is 0 Å². The van der Waals surface area contributed by atoms with E-state index in [0.717, 1.165) is 23.1 Å². The minimum atomic E-state index is -3.88. The van der Waals surface area contributed by atoms with Crippen molar-refractivity contribution < 1.29 is 27.1 Å². The monoisotopic (exact) mass is 564 g/mol. The predicted octanol–water partition coefficient (Wildman–Crippen LogP) is 4.71. The number of sulfone groups is 1. The number of nitrogens with zero attached hydrogens (tertiary/aromatic N) is 1. The highest BCUT2D eigenvalue weighted by atomic mass is 79.9. The number of nitrogens with one attached hydrogen (secondary N) is 1. The van der Waals surface area contributed by atoms with Gasteiger partial charge < -0.3 is 19.2 Å².